The molecule has 0 saturated heterocycles. The van der Waals surface area contributed by atoms with E-state index in [1.807, 2.05) is 11.3 Å². The lowest BCUT2D eigenvalue weighted by molar-refractivity contribution is 0.275. The molecule has 2 rings (SSSR count). The predicted octanol–water partition coefficient (Wildman–Crippen LogP) is 3.11. The van der Waals surface area contributed by atoms with E-state index in [0.717, 1.165) is 17.9 Å². The van der Waals surface area contributed by atoms with Gasteiger partial charge >= 0.3 is 0 Å². The SMILES string of the molecule is BrCCN(Cc1cccs1)C1CC1. The molecular formula is C10H14BrNS. The van der Waals surface area contributed by atoms with Crippen LogP contribution in [0.15, 0.2) is 17.5 Å². The largest absolute Gasteiger partial charge is 0.294 e. The summed E-state index contributed by atoms with van der Waals surface area (Å²) in [5.74, 6) is 0. The number of alkyl halides is 1. The monoisotopic (exact) mass is 259 g/mol. The van der Waals surface area contributed by atoms with E-state index in [0.29, 0.717) is 0 Å². The van der Waals surface area contributed by atoms with Crippen molar-refractivity contribution < 1.29 is 0 Å². The van der Waals surface area contributed by atoms with Gasteiger partial charge in [-0.2, -0.15) is 0 Å². The topological polar surface area (TPSA) is 3.24 Å². The van der Waals surface area contributed by atoms with E-state index in [1.54, 1.807) is 0 Å². The van der Waals surface area contributed by atoms with Crippen LogP contribution in [-0.2, 0) is 6.54 Å². The summed E-state index contributed by atoms with van der Waals surface area (Å²) in [4.78, 5) is 4.08. The Kier molecular flexibility index (Phi) is 3.41. The van der Waals surface area contributed by atoms with E-state index in [9.17, 15) is 0 Å². The van der Waals surface area contributed by atoms with Crippen LogP contribution in [0.2, 0.25) is 0 Å². The first-order chi connectivity index (χ1) is 6.40. The average molecular weight is 260 g/mol. The molecule has 1 aromatic heterocycles. The predicted molar refractivity (Wildman–Crippen MR) is 61.5 cm³/mol. The van der Waals surface area contributed by atoms with E-state index >= 15 is 0 Å². The Labute approximate surface area is 91.9 Å². The van der Waals surface area contributed by atoms with Crippen LogP contribution >= 0.6 is 27.3 Å². The second kappa shape index (κ2) is 4.58. The molecule has 1 fully saturated rings. The van der Waals surface area contributed by atoms with E-state index in [-0.39, 0.29) is 0 Å². The second-order valence-electron chi connectivity index (χ2n) is 3.47. The molecular weight excluding hydrogens is 246 g/mol. The molecule has 72 valence electrons. The van der Waals surface area contributed by atoms with Gasteiger partial charge in [-0.05, 0) is 24.3 Å². The Hall–Kier alpha value is 0.140. The third-order valence-electron chi connectivity index (χ3n) is 2.37. The maximum Gasteiger partial charge on any atom is 0.0331 e. The first-order valence-corrected chi connectivity index (χ1v) is 6.72. The van der Waals surface area contributed by atoms with E-state index < -0.39 is 0 Å². The van der Waals surface area contributed by atoms with Gasteiger partial charge in [-0.3, -0.25) is 4.90 Å². The molecule has 0 atom stereocenters. The zero-order chi connectivity index (χ0) is 9.10. The normalized spacial score (nSPS) is 16.8. The minimum absolute atomic E-state index is 0.875. The van der Waals surface area contributed by atoms with Crippen molar-refractivity contribution in [1.82, 2.24) is 4.90 Å². The van der Waals surface area contributed by atoms with Crippen molar-refractivity contribution in [1.29, 1.82) is 0 Å². The Bertz CT molecular complexity index is 243. The van der Waals surface area contributed by atoms with Crippen LogP contribution in [0.1, 0.15) is 17.7 Å². The standard InChI is InChI=1S/C10H14BrNS/c11-5-6-12(9-3-4-9)8-10-2-1-7-13-10/h1-2,7,9H,3-6,8H2. The van der Waals surface area contributed by atoms with Gasteiger partial charge in [-0.15, -0.1) is 11.3 Å². The molecule has 1 aromatic rings. The molecule has 0 unspecified atom stereocenters. The van der Waals surface area contributed by atoms with Gasteiger partial charge in [0, 0.05) is 29.3 Å². The fourth-order valence-corrected chi connectivity index (χ4v) is 2.73. The quantitative estimate of drug-likeness (QED) is 0.735. The lowest BCUT2D eigenvalue weighted by atomic mass is 10.4. The first kappa shape index (κ1) is 9.69. The highest BCUT2D eigenvalue weighted by atomic mass is 79.9. The number of hydrogen-bond acceptors (Lipinski definition) is 2. The molecule has 0 aliphatic heterocycles. The van der Waals surface area contributed by atoms with E-state index in [2.05, 4.69) is 38.3 Å². The van der Waals surface area contributed by atoms with Gasteiger partial charge in [0.15, 0.2) is 0 Å². The Morgan fingerprint density at radius 1 is 1.54 bits per heavy atom. The second-order valence-corrected chi connectivity index (χ2v) is 5.30. The van der Waals surface area contributed by atoms with Crippen LogP contribution in [-0.4, -0.2) is 22.8 Å². The van der Waals surface area contributed by atoms with Crippen LogP contribution in [0.3, 0.4) is 0 Å². The number of thiophene rings is 1. The third-order valence-corrected chi connectivity index (χ3v) is 3.59. The zero-order valence-electron chi connectivity index (χ0n) is 7.58. The van der Waals surface area contributed by atoms with Gasteiger partial charge < -0.3 is 0 Å². The Morgan fingerprint density at radius 3 is 2.92 bits per heavy atom. The number of rotatable bonds is 5. The van der Waals surface area contributed by atoms with Crippen molar-refractivity contribution in [2.45, 2.75) is 25.4 Å². The van der Waals surface area contributed by atoms with E-state index in [4.69, 9.17) is 0 Å². The average Bonchev–Trinajstić information content (AvgIpc) is 2.85. The minimum atomic E-state index is 0.875. The summed E-state index contributed by atoms with van der Waals surface area (Å²) in [5, 5.41) is 3.25. The lowest BCUT2D eigenvalue weighted by Crippen LogP contribution is -2.26. The van der Waals surface area contributed by atoms with Crippen molar-refractivity contribution in [2.75, 3.05) is 11.9 Å². The van der Waals surface area contributed by atoms with Crippen molar-refractivity contribution in [3.63, 3.8) is 0 Å². The molecule has 3 heteroatoms. The molecule has 1 aliphatic carbocycles. The Morgan fingerprint density at radius 2 is 2.38 bits per heavy atom. The van der Waals surface area contributed by atoms with Crippen molar-refractivity contribution in [3.8, 4) is 0 Å². The Balaban J connectivity index is 1.89. The highest BCUT2D eigenvalue weighted by Crippen LogP contribution is 2.28. The fourth-order valence-electron chi connectivity index (χ4n) is 1.54. The molecule has 0 spiro atoms. The van der Waals surface area contributed by atoms with Crippen LogP contribution in [0, 0.1) is 0 Å². The van der Waals surface area contributed by atoms with Crippen molar-refractivity contribution >= 4 is 27.3 Å². The summed E-state index contributed by atoms with van der Waals surface area (Å²) in [6, 6.07) is 5.24. The maximum atomic E-state index is 3.51. The summed E-state index contributed by atoms with van der Waals surface area (Å²) in [5.41, 5.74) is 0. The molecule has 0 amide bonds. The molecule has 0 bridgehead atoms. The fraction of sp³-hybridized carbons (Fsp3) is 0.600. The van der Waals surface area contributed by atoms with Gasteiger partial charge in [0.1, 0.15) is 0 Å². The molecule has 1 aliphatic rings. The van der Waals surface area contributed by atoms with Gasteiger partial charge in [0.25, 0.3) is 0 Å². The number of halogens is 1. The van der Waals surface area contributed by atoms with Gasteiger partial charge in [0.2, 0.25) is 0 Å². The smallest absolute Gasteiger partial charge is 0.0331 e. The minimum Gasteiger partial charge on any atom is -0.294 e. The van der Waals surface area contributed by atoms with Gasteiger partial charge in [0.05, 0.1) is 0 Å². The van der Waals surface area contributed by atoms with Gasteiger partial charge in [-0.25, -0.2) is 0 Å². The van der Waals surface area contributed by atoms with Crippen LogP contribution in [0.4, 0.5) is 0 Å². The molecule has 1 nitrogen and oxygen atoms in total. The van der Waals surface area contributed by atoms with Crippen LogP contribution < -0.4 is 0 Å². The first-order valence-electron chi connectivity index (χ1n) is 4.72. The molecule has 13 heavy (non-hydrogen) atoms. The highest BCUT2D eigenvalue weighted by Gasteiger charge is 2.28. The molecule has 1 saturated carbocycles. The maximum absolute atomic E-state index is 3.51. The van der Waals surface area contributed by atoms with Gasteiger partial charge in [-0.1, -0.05) is 22.0 Å². The summed E-state index contributed by atoms with van der Waals surface area (Å²) < 4.78 is 0. The van der Waals surface area contributed by atoms with Crippen molar-refractivity contribution in [3.05, 3.63) is 22.4 Å². The zero-order valence-corrected chi connectivity index (χ0v) is 9.98. The molecule has 1 heterocycles. The van der Waals surface area contributed by atoms with E-state index in [1.165, 1.54) is 24.3 Å². The number of nitrogens with zero attached hydrogens (tertiary/aromatic N) is 1. The third kappa shape index (κ3) is 2.79. The van der Waals surface area contributed by atoms with Crippen molar-refractivity contribution in [2.24, 2.45) is 0 Å². The summed E-state index contributed by atoms with van der Waals surface area (Å²) in [6.45, 7) is 2.33. The summed E-state index contributed by atoms with van der Waals surface area (Å²) in [6.07, 6.45) is 2.80. The molecule has 0 N–H and O–H groups in total. The van der Waals surface area contributed by atoms with Crippen LogP contribution in [0.5, 0.6) is 0 Å². The number of hydrogen-bond donors (Lipinski definition) is 0. The lowest BCUT2D eigenvalue weighted by Gasteiger charge is -2.19. The highest BCUT2D eigenvalue weighted by molar-refractivity contribution is 9.09. The summed E-state index contributed by atoms with van der Waals surface area (Å²) >= 11 is 5.38. The van der Waals surface area contributed by atoms with Crippen LogP contribution in [0.25, 0.3) is 0 Å². The molecule has 0 aromatic carbocycles. The molecule has 0 radical (unpaired) electrons. The summed E-state index contributed by atoms with van der Waals surface area (Å²) in [7, 11) is 0.